The lowest BCUT2D eigenvalue weighted by molar-refractivity contribution is 0.311. The molecule has 2 aromatic rings. The third kappa shape index (κ3) is 3.58. The molecule has 1 heterocycles. The molecule has 0 saturated carbocycles. The van der Waals surface area contributed by atoms with Crippen LogP contribution in [0.4, 0.5) is 10.3 Å². The molecule has 0 amide bonds. The highest BCUT2D eigenvalue weighted by molar-refractivity contribution is 6.28. The molecule has 0 radical (unpaired) electrons. The van der Waals surface area contributed by atoms with E-state index in [2.05, 4.69) is 15.0 Å². The Balaban J connectivity index is 2.31. The first-order valence-corrected chi connectivity index (χ1v) is 6.92. The molecule has 0 spiro atoms. The molecule has 0 aliphatic heterocycles. The van der Waals surface area contributed by atoms with Crippen molar-refractivity contribution >= 4 is 17.5 Å². The normalized spacial score (nSPS) is 12.0. The first kappa shape index (κ1) is 15.4. The van der Waals surface area contributed by atoms with Gasteiger partial charge in [0.25, 0.3) is 0 Å². The van der Waals surface area contributed by atoms with Crippen LogP contribution in [0.25, 0.3) is 0 Å². The number of hydrogen-bond donors (Lipinski definition) is 0. The third-order valence-electron chi connectivity index (χ3n) is 3.10. The number of ether oxygens (including phenoxy) is 1. The molecule has 1 unspecified atom stereocenters. The van der Waals surface area contributed by atoms with E-state index in [1.165, 1.54) is 6.07 Å². The molecule has 0 bridgehead atoms. The minimum absolute atomic E-state index is 0.0380. The highest BCUT2D eigenvalue weighted by atomic mass is 35.5. The molecule has 1 atom stereocenters. The second-order valence-corrected chi connectivity index (χ2v) is 4.77. The van der Waals surface area contributed by atoms with Crippen molar-refractivity contribution in [2.75, 3.05) is 18.6 Å². The Morgan fingerprint density at radius 1 is 1.29 bits per heavy atom. The number of rotatable bonds is 5. The van der Waals surface area contributed by atoms with E-state index in [9.17, 15) is 4.39 Å². The predicted octanol–water partition coefficient (Wildman–Crippen LogP) is 3.26. The van der Waals surface area contributed by atoms with Gasteiger partial charge in [0.1, 0.15) is 5.82 Å². The Labute approximate surface area is 127 Å². The van der Waals surface area contributed by atoms with Gasteiger partial charge >= 0.3 is 6.01 Å². The Kier molecular flexibility index (Phi) is 4.90. The summed E-state index contributed by atoms with van der Waals surface area (Å²) < 4.78 is 19.1. The summed E-state index contributed by atoms with van der Waals surface area (Å²) in [5.41, 5.74) is 0.550. The Bertz CT molecular complexity index is 626. The number of anilines is 1. The molecule has 1 aromatic carbocycles. The summed E-state index contributed by atoms with van der Waals surface area (Å²) in [7, 11) is 1.76. The van der Waals surface area contributed by atoms with Gasteiger partial charge in [0.05, 0.1) is 12.6 Å². The van der Waals surface area contributed by atoms with Gasteiger partial charge in [-0.25, -0.2) is 4.39 Å². The molecule has 1 aromatic heterocycles. The number of halogens is 2. The lowest BCUT2D eigenvalue weighted by atomic mass is 10.1. The van der Waals surface area contributed by atoms with Gasteiger partial charge < -0.3 is 9.64 Å². The monoisotopic (exact) mass is 310 g/mol. The maximum Gasteiger partial charge on any atom is 0.322 e. The molecule has 2 rings (SSSR count). The van der Waals surface area contributed by atoms with Crippen LogP contribution in [0.3, 0.4) is 0 Å². The van der Waals surface area contributed by atoms with Crippen LogP contribution in [0.2, 0.25) is 5.28 Å². The SMILES string of the molecule is CCOc1nc(Cl)nc(N(C)C(C)c2ccccc2F)n1. The second kappa shape index (κ2) is 6.67. The quantitative estimate of drug-likeness (QED) is 0.848. The molecule has 21 heavy (non-hydrogen) atoms. The summed E-state index contributed by atoms with van der Waals surface area (Å²) in [6.45, 7) is 4.10. The van der Waals surface area contributed by atoms with Crippen molar-refractivity contribution in [2.45, 2.75) is 19.9 Å². The van der Waals surface area contributed by atoms with Crippen molar-refractivity contribution in [1.29, 1.82) is 0 Å². The lowest BCUT2D eigenvalue weighted by Gasteiger charge is -2.25. The van der Waals surface area contributed by atoms with Crippen molar-refractivity contribution in [2.24, 2.45) is 0 Å². The minimum atomic E-state index is -0.276. The van der Waals surface area contributed by atoms with Gasteiger partial charge in [-0.05, 0) is 31.5 Å². The van der Waals surface area contributed by atoms with Crippen LogP contribution in [-0.2, 0) is 0 Å². The highest BCUT2D eigenvalue weighted by Crippen LogP contribution is 2.26. The standard InChI is InChI=1S/C14H16ClFN4O/c1-4-21-14-18-12(15)17-13(19-14)20(3)9(2)10-7-5-6-8-11(10)16/h5-9H,4H2,1-3H3. The van der Waals surface area contributed by atoms with E-state index in [0.29, 0.717) is 18.1 Å². The summed E-state index contributed by atoms with van der Waals surface area (Å²) in [4.78, 5) is 13.8. The fourth-order valence-electron chi connectivity index (χ4n) is 1.87. The van der Waals surface area contributed by atoms with Crippen LogP contribution >= 0.6 is 11.6 Å². The van der Waals surface area contributed by atoms with E-state index in [0.717, 1.165) is 0 Å². The highest BCUT2D eigenvalue weighted by Gasteiger charge is 2.19. The second-order valence-electron chi connectivity index (χ2n) is 4.43. The van der Waals surface area contributed by atoms with Crippen LogP contribution in [0, 0.1) is 5.82 Å². The van der Waals surface area contributed by atoms with Gasteiger partial charge in [0.2, 0.25) is 11.2 Å². The molecule has 0 N–H and O–H groups in total. The number of aromatic nitrogens is 3. The van der Waals surface area contributed by atoms with E-state index in [4.69, 9.17) is 16.3 Å². The van der Waals surface area contributed by atoms with E-state index < -0.39 is 0 Å². The number of hydrogen-bond acceptors (Lipinski definition) is 5. The first-order chi connectivity index (χ1) is 10.0. The molecule has 0 fully saturated rings. The zero-order valence-electron chi connectivity index (χ0n) is 12.0. The summed E-state index contributed by atoms with van der Waals surface area (Å²) in [6.07, 6.45) is 0. The lowest BCUT2D eigenvalue weighted by Crippen LogP contribution is -2.25. The largest absolute Gasteiger partial charge is 0.464 e. The van der Waals surface area contributed by atoms with Crippen LogP contribution in [-0.4, -0.2) is 28.6 Å². The van der Waals surface area contributed by atoms with E-state index in [1.54, 1.807) is 30.1 Å². The minimum Gasteiger partial charge on any atom is -0.464 e. The summed E-state index contributed by atoms with van der Waals surface area (Å²) in [5, 5.41) is 0.0380. The zero-order valence-corrected chi connectivity index (χ0v) is 12.8. The summed E-state index contributed by atoms with van der Waals surface area (Å²) in [5.74, 6) is 0.0521. The van der Waals surface area contributed by atoms with Crippen molar-refractivity contribution in [3.05, 3.63) is 40.9 Å². The first-order valence-electron chi connectivity index (χ1n) is 6.54. The Morgan fingerprint density at radius 3 is 2.67 bits per heavy atom. The summed E-state index contributed by atoms with van der Waals surface area (Å²) in [6, 6.07) is 6.47. The van der Waals surface area contributed by atoms with Crippen molar-refractivity contribution in [1.82, 2.24) is 15.0 Å². The van der Waals surface area contributed by atoms with Gasteiger partial charge in [0, 0.05) is 12.6 Å². The van der Waals surface area contributed by atoms with Gasteiger partial charge in [-0.1, -0.05) is 18.2 Å². The molecular weight excluding hydrogens is 295 g/mol. The van der Waals surface area contributed by atoms with Crippen molar-refractivity contribution in [3.63, 3.8) is 0 Å². The van der Waals surface area contributed by atoms with Gasteiger partial charge in [-0.15, -0.1) is 0 Å². The third-order valence-corrected chi connectivity index (χ3v) is 3.27. The smallest absolute Gasteiger partial charge is 0.322 e. The molecular formula is C14H16ClFN4O. The number of nitrogens with zero attached hydrogens (tertiary/aromatic N) is 4. The fraction of sp³-hybridized carbons (Fsp3) is 0.357. The molecule has 7 heteroatoms. The molecule has 0 saturated heterocycles. The van der Waals surface area contributed by atoms with Crippen molar-refractivity contribution < 1.29 is 9.13 Å². The fourth-order valence-corrected chi connectivity index (χ4v) is 2.02. The Hall–Kier alpha value is -1.95. The van der Waals surface area contributed by atoms with Gasteiger partial charge in [-0.3, -0.25) is 0 Å². The van der Waals surface area contributed by atoms with Crippen LogP contribution in [0.15, 0.2) is 24.3 Å². The number of benzene rings is 1. The maximum absolute atomic E-state index is 13.9. The zero-order chi connectivity index (χ0) is 15.4. The van der Waals surface area contributed by atoms with Crippen LogP contribution in [0.1, 0.15) is 25.5 Å². The molecule has 112 valence electrons. The average Bonchev–Trinajstić information content (AvgIpc) is 2.46. The maximum atomic E-state index is 13.9. The van der Waals surface area contributed by atoms with E-state index in [-0.39, 0.29) is 23.2 Å². The molecule has 0 aliphatic rings. The predicted molar refractivity (Wildman–Crippen MR) is 79.2 cm³/mol. The van der Waals surface area contributed by atoms with E-state index >= 15 is 0 Å². The van der Waals surface area contributed by atoms with E-state index in [1.807, 2.05) is 13.8 Å². The summed E-state index contributed by atoms with van der Waals surface area (Å²) >= 11 is 5.87. The topological polar surface area (TPSA) is 51.1 Å². The van der Waals surface area contributed by atoms with Gasteiger partial charge in [0.15, 0.2) is 0 Å². The van der Waals surface area contributed by atoms with Gasteiger partial charge in [-0.2, -0.15) is 15.0 Å². The Morgan fingerprint density at radius 2 is 2.00 bits per heavy atom. The van der Waals surface area contributed by atoms with Crippen LogP contribution in [0.5, 0.6) is 6.01 Å². The average molecular weight is 311 g/mol. The van der Waals surface area contributed by atoms with Crippen molar-refractivity contribution in [3.8, 4) is 6.01 Å². The van der Waals surface area contributed by atoms with Crippen LogP contribution < -0.4 is 9.64 Å². The molecule has 5 nitrogen and oxygen atoms in total. The molecule has 0 aliphatic carbocycles.